The topological polar surface area (TPSA) is 85.9 Å². The van der Waals surface area contributed by atoms with Crippen LogP contribution >= 0.6 is 11.6 Å². The van der Waals surface area contributed by atoms with Crippen molar-refractivity contribution in [1.29, 1.82) is 0 Å². The molecule has 3 aromatic rings. The molecule has 1 aliphatic heterocycles. The maximum atomic E-state index is 13.3. The molecule has 2 N–H and O–H groups in total. The average Bonchev–Trinajstić information content (AvgIpc) is 3.39. The zero-order valence-electron chi connectivity index (χ0n) is 21.0. The normalized spacial score (nSPS) is 20.0. The van der Waals surface area contributed by atoms with Crippen molar-refractivity contribution < 1.29 is 22.6 Å². The van der Waals surface area contributed by atoms with Gasteiger partial charge in [-0.15, -0.1) is 0 Å². The average molecular weight is 541 g/mol. The van der Waals surface area contributed by atoms with E-state index in [-0.39, 0.29) is 22.8 Å². The number of allylic oxidation sites excluding steroid dienone is 2. The van der Waals surface area contributed by atoms with E-state index in [1.54, 1.807) is 51.7 Å². The van der Waals surface area contributed by atoms with Crippen molar-refractivity contribution in [3.05, 3.63) is 82.4 Å². The summed E-state index contributed by atoms with van der Waals surface area (Å²) in [6, 6.07) is 14.3. The number of halogens is 1. The Hall–Kier alpha value is -3.36. The van der Waals surface area contributed by atoms with Crippen LogP contribution in [0.3, 0.4) is 0 Å². The van der Waals surface area contributed by atoms with Gasteiger partial charge in [-0.05, 0) is 78.4 Å². The summed E-state index contributed by atoms with van der Waals surface area (Å²) >= 11 is 6.09. The van der Waals surface area contributed by atoms with Crippen LogP contribution in [0, 0.1) is 12.8 Å². The third kappa shape index (κ3) is 4.60. The highest BCUT2D eigenvalue weighted by atomic mass is 35.5. The van der Waals surface area contributed by atoms with Gasteiger partial charge in [0.1, 0.15) is 0 Å². The van der Waals surface area contributed by atoms with Crippen LogP contribution in [0.15, 0.2) is 65.6 Å². The van der Waals surface area contributed by atoms with Gasteiger partial charge in [0.15, 0.2) is 11.5 Å². The van der Waals surface area contributed by atoms with Gasteiger partial charge in [0.05, 0.1) is 38.0 Å². The Morgan fingerprint density at radius 1 is 0.973 bits per heavy atom. The molecule has 0 unspecified atom stereocenters. The van der Waals surface area contributed by atoms with E-state index >= 15 is 0 Å². The molecule has 3 atom stereocenters. The molecule has 0 bridgehead atoms. The van der Waals surface area contributed by atoms with Gasteiger partial charge < -0.3 is 19.5 Å². The van der Waals surface area contributed by atoms with Crippen molar-refractivity contribution in [2.45, 2.75) is 30.2 Å². The van der Waals surface area contributed by atoms with Gasteiger partial charge in [-0.1, -0.05) is 29.8 Å². The van der Waals surface area contributed by atoms with Gasteiger partial charge in [-0.25, -0.2) is 8.42 Å². The molecule has 0 fully saturated rings. The lowest BCUT2D eigenvalue weighted by atomic mass is 9.77. The molecule has 0 aromatic heterocycles. The molecule has 9 heteroatoms. The minimum absolute atomic E-state index is 0.0316. The van der Waals surface area contributed by atoms with Crippen LogP contribution in [0.2, 0.25) is 5.02 Å². The molecule has 0 saturated carbocycles. The van der Waals surface area contributed by atoms with Gasteiger partial charge in [0.25, 0.3) is 10.0 Å². The number of sulfonamides is 1. The van der Waals surface area contributed by atoms with Gasteiger partial charge in [0.2, 0.25) is 5.75 Å². The number of benzene rings is 3. The lowest BCUT2D eigenvalue weighted by Crippen LogP contribution is -2.29. The standard InChI is InChI=1S/C28H29ClN2O5S/c1-16-8-9-18(29)14-24(16)31-37(32,33)19-10-11-23-22(15-19)20-6-5-7-21(20)27(30-23)17-12-25(34-2)28(36-4)26(13-17)35-3/h5-6,8-15,20-21,27,30-31H,7H2,1-4H3/t20-,21+,27+/m0/s1. The summed E-state index contributed by atoms with van der Waals surface area (Å²) in [7, 11) is 0.975. The fourth-order valence-corrected chi connectivity index (χ4v) is 6.59. The Balaban J connectivity index is 1.51. The summed E-state index contributed by atoms with van der Waals surface area (Å²) in [6.07, 6.45) is 5.18. The third-order valence-electron chi connectivity index (χ3n) is 7.13. The van der Waals surface area contributed by atoms with Crippen molar-refractivity contribution in [2.24, 2.45) is 5.92 Å². The van der Waals surface area contributed by atoms with Crippen LogP contribution in [0.4, 0.5) is 11.4 Å². The van der Waals surface area contributed by atoms with Gasteiger partial charge >= 0.3 is 0 Å². The molecule has 37 heavy (non-hydrogen) atoms. The van der Waals surface area contributed by atoms with E-state index in [4.69, 9.17) is 25.8 Å². The summed E-state index contributed by atoms with van der Waals surface area (Å²) in [6.45, 7) is 1.84. The number of aryl methyl sites for hydroxylation is 1. The van der Waals surface area contributed by atoms with Crippen LogP contribution in [-0.2, 0) is 10.0 Å². The Morgan fingerprint density at radius 3 is 2.38 bits per heavy atom. The maximum Gasteiger partial charge on any atom is 0.261 e. The highest BCUT2D eigenvalue weighted by molar-refractivity contribution is 7.92. The summed E-state index contributed by atoms with van der Waals surface area (Å²) in [5.41, 5.74) is 4.11. The number of anilines is 2. The largest absolute Gasteiger partial charge is 0.493 e. The second-order valence-electron chi connectivity index (χ2n) is 9.25. The molecular formula is C28H29ClN2O5S. The molecule has 0 amide bonds. The molecule has 1 heterocycles. The third-order valence-corrected chi connectivity index (χ3v) is 8.73. The molecule has 5 rings (SSSR count). The van der Waals surface area contributed by atoms with Crippen molar-refractivity contribution in [3.8, 4) is 17.2 Å². The smallest absolute Gasteiger partial charge is 0.261 e. The van der Waals surface area contributed by atoms with E-state index in [1.165, 1.54) is 0 Å². The Morgan fingerprint density at radius 2 is 1.70 bits per heavy atom. The minimum atomic E-state index is -3.81. The molecule has 7 nitrogen and oxygen atoms in total. The fraction of sp³-hybridized carbons (Fsp3) is 0.286. The second-order valence-corrected chi connectivity index (χ2v) is 11.4. The number of rotatable bonds is 7. The van der Waals surface area contributed by atoms with E-state index in [9.17, 15) is 8.42 Å². The minimum Gasteiger partial charge on any atom is -0.493 e. The predicted molar refractivity (Wildman–Crippen MR) is 146 cm³/mol. The Kier molecular flexibility index (Phi) is 6.72. The number of nitrogens with one attached hydrogen (secondary N) is 2. The first-order valence-corrected chi connectivity index (χ1v) is 13.8. The Bertz CT molecular complexity index is 1460. The highest BCUT2D eigenvalue weighted by Crippen LogP contribution is 2.52. The second kappa shape index (κ2) is 9.84. The predicted octanol–water partition coefficient (Wildman–Crippen LogP) is 6.30. The van der Waals surface area contributed by atoms with E-state index in [0.717, 1.165) is 28.8 Å². The first-order chi connectivity index (χ1) is 17.7. The maximum absolute atomic E-state index is 13.3. The number of ether oxygens (including phenoxy) is 3. The molecule has 2 aliphatic rings. The van der Waals surface area contributed by atoms with Crippen LogP contribution in [0.25, 0.3) is 0 Å². The molecule has 3 aromatic carbocycles. The fourth-order valence-electron chi connectivity index (χ4n) is 5.26. The van der Waals surface area contributed by atoms with Crippen molar-refractivity contribution in [2.75, 3.05) is 31.4 Å². The number of hydrogen-bond acceptors (Lipinski definition) is 6. The Labute approximate surface area is 222 Å². The van der Waals surface area contributed by atoms with Crippen molar-refractivity contribution in [3.63, 3.8) is 0 Å². The number of hydrogen-bond donors (Lipinski definition) is 2. The summed E-state index contributed by atoms with van der Waals surface area (Å²) in [5.74, 6) is 1.98. The van der Waals surface area contributed by atoms with Gasteiger partial charge in [-0.3, -0.25) is 4.72 Å². The van der Waals surface area contributed by atoms with Crippen LogP contribution in [0.5, 0.6) is 17.2 Å². The quantitative estimate of drug-likeness (QED) is 0.342. The van der Waals surface area contributed by atoms with Gasteiger partial charge in [0, 0.05) is 16.6 Å². The van der Waals surface area contributed by atoms with Crippen molar-refractivity contribution in [1.82, 2.24) is 0 Å². The van der Waals surface area contributed by atoms with E-state index in [1.807, 2.05) is 25.1 Å². The molecule has 0 saturated heterocycles. The highest BCUT2D eigenvalue weighted by Gasteiger charge is 2.39. The SMILES string of the molecule is COc1cc([C@H]2Nc3ccc(S(=O)(=O)Nc4cc(Cl)ccc4C)cc3[C@H]3C=CC[C@H]32)cc(OC)c1OC. The summed E-state index contributed by atoms with van der Waals surface area (Å²) in [5, 5.41) is 4.11. The summed E-state index contributed by atoms with van der Waals surface area (Å²) < 4.78 is 45.9. The van der Waals surface area contributed by atoms with Crippen LogP contribution < -0.4 is 24.2 Å². The summed E-state index contributed by atoms with van der Waals surface area (Å²) in [4.78, 5) is 0.206. The monoisotopic (exact) mass is 540 g/mol. The number of fused-ring (bicyclic) bond motifs is 3. The van der Waals surface area contributed by atoms with Gasteiger partial charge in [-0.2, -0.15) is 0 Å². The van der Waals surface area contributed by atoms with Crippen LogP contribution in [-0.4, -0.2) is 29.7 Å². The van der Waals surface area contributed by atoms with Crippen molar-refractivity contribution >= 4 is 33.0 Å². The molecule has 0 spiro atoms. The lowest BCUT2D eigenvalue weighted by molar-refractivity contribution is 0.322. The van der Waals surface area contributed by atoms with E-state index < -0.39 is 10.0 Å². The first-order valence-electron chi connectivity index (χ1n) is 11.9. The zero-order valence-corrected chi connectivity index (χ0v) is 22.6. The van der Waals surface area contributed by atoms with Crippen LogP contribution in [0.1, 0.15) is 35.1 Å². The molecule has 1 aliphatic carbocycles. The molecular weight excluding hydrogens is 512 g/mol. The van der Waals surface area contributed by atoms with E-state index in [2.05, 4.69) is 22.2 Å². The lowest BCUT2D eigenvalue weighted by Gasteiger charge is -2.38. The molecule has 194 valence electrons. The number of methoxy groups -OCH3 is 3. The van der Waals surface area contributed by atoms with E-state index in [0.29, 0.717) is 28.0 Å². The molecule has 0 radical (unpaired) electrons. The zero-order chi connectivity index (χ0) is 26.3. The first kappa shape index (κ1) is 25.3.